The highest BCUT2D eigenvalue weighted by atomic mass is 35.5. The first-order chi connectivity index (χ1) is 10.6. The molecule has 0 saturated heterocycles. The van der Waals surface area contributed by atoms with Gasteiger partial charge in [-0.05, 0) is 31.0 Å². The SMILES string of the molecule is CCCCN(C)c1cc(C)nc(NCc2ccc(Cl)cc2)n1. The van der Waals surface area contributed by atoms with Crippen molar-refractivity contribution in [3.63, 3.8) is 0 Å². The molecular formula is C17H23ClN4. The van der Waals surface area contributed by atoms with Gasteiger partial charge in [0, 0.05) is 36.9 Å². The van der Waals surface area contributed by atoms with Gasteiger partial charge in [-0.1, -0.05) is 37.1 Å². The van der Waals surface area contributed by atoms with E-state index in [4.69, 9.17) is 11.6 Å². The fourth-order valence-electron chi connectivity index (χ4n) is 2.12. The number of hydrogen-bond acceptors (Lipinski definition) is 4. The second-order valence-electron chi connectivity index (χ2n) is 5.45. The van der Waals surface area contributed by atoms with Crippen molar-refractivity contribution >= 4 is 23.4 Å². The van der Waals surface area contributed by atoms with Crippen LogP contribution in [0, 0.1) is 6.92 Å². The van der Waals surface area contributed by atoms with Crippen molar-refractivity contribution in [3.05, 3.63) is 46.6 Å². The van der Waals surface area contributed by atoms with E-state index in [1.807, 2.05) is 37.3 Å². The lowest BCUT2D eigenvalue weighted by Crippen LogP contribution is -2.20. The Kier molecular flexibility index (Phi) is 6.01. The van der Waals surface area contributed by atoms with E-state index >= 15 is 0 Å². The molecule has 5 heteroatoms. The van der Waals surface area contributed by atoms with E-state index < -0.39 is 0 Å². The number of nitrogens with zero attached hydrogens (tertiary/aromatic N) is 3. The minimum Gasteiger partial charge on any atom is -0.360 e. The Labute approximate surface area is 137 Å². The van der Waals surface area contributed by atoms with E-state index in [0.29, 0.717) is 12.5 Å². The third-order valence-corrected chi connectivity index (χ3v) is 3.69. The molecule has 1 heterocycles. The van der Waals surface area contributed by atoms with Crippen LogP contribution in [0.15, 0.2) is 30.3 Å². The highest BCUT2D eigenvalue weighted by Crippen LogP contribution is 2.15. The lowest BCUT2D eigenvalue weighted by molar-refractivity contribution is 0.757. The molecule has 2 aromatic rings. The highest BCUT2D eigenvalue weighted by molar-refractivity contribution is 6.30. The molecule has 1 N–H and O–H groups in total. The molecule has 22 heavy (non-hydrogen) atoms. The molecule has 0 aliphatic heterocycles. The molecule has 0 atom stereocenters. The van der Waals surface area contributed by atoms with Gasteiger partial charge in [-0.25, -0.2) is 4.98 Å². The number of rotatable bonds is 7. The number of halogens is 1. The average Bonchev–Trinajstić information content (AvgIpc) is 2.51. The second kappa shape index (κ2) is 7.99. The zero-order valence-electron chi connectivity index (χ0n) is 13.4. The third kappa shape index (κ3) is 4.88. The highest BCUT2D eigenvalue weighted by Gasteiger charge is 2.06. The van der Waals surface area contributed by atoms with Gasteiger partial charge in [0.25, 0.3) is 0 Å². The van der Waals surface area contributed by atoms with Crippen molar-refractivity contribution in [2.75, 3.05) is 23.8 Å². The van der Waals surface area contributed by atoms with Crippen molar-refractivity contribution < 1.29 is 0 Å². The van der Waals surface area contributed by atoms with Crippen LogP contribution >= 0.6 is 11.6 Å². The second-order valence-corrected chi connectivity index (χ2v) is 5.88. The van der Waals surface area contributed by atoms with Gasteiger partial charge >= 0.3 is 0 Å². The fraction of sp³-hybridized carbons (Fsp3) is 0.412. The first kappa shape index (κ1) is 16.6. The van der Waals surface area contributed by atoms with Gasteiger partial charge in [0.05, 0.1) is 0 Å². The van der Waals surface area contributed by atoms with Crippen LogP contribution in [0.1, 0.15) is 31.0 Å². The Morgan fingerprint density at radius 2 is 1.91 bits per heavy atom. The molecule has 0 unspecified atom stereocenters. The van der Waals surface area contributed by atoms with Crippen LogP contribution in [-0.4, -0.2) is 23.6 Å². The zero-order chi connectivity index (χ0) is 15.9. The summed E-state index contributed by atoms with van der Waals surface area (Å²) in [5.41, 5.74) is 2.11. The Hall–Kier alpha value is -1.81. The van der Waals surface area contributed by atoms with Crippen LogP contribution in [0.2, 0.25) is 5.02 Å². The normalized spacial score (nSPS) is 10.5. The van der Waals surface area contributed by atoms with E-state index in [2.05, 4.69) is 34.2 Å². The standard InChI is InChI=1S/C17H23ClN4/c1-4-5-10-22(3)16-11-13(2)20-17(21-16)19-12-14-6-8-15(18)9-7-14/h6-9,11H,4-5,10,12H2,1-3H3,(H,19,20,21). The number of benzene rings is 1. The van der Waals surface area contributed by atoms with Crippen molar-refractivity contribution in [3.8, 4) is 0 Å². The van der Waals surface area contributed by atoms with Gasteiger partial charge in [-0.3, -0.25) is 0 Å². The van der Waals surface area contributed by atoms with Gasteiger partial charge in [-0.15, -0.1) is 0 Å². The van der Waals surface area contributed by atoms with E-state index in [0.717, 1.165) is 35.1 Å². The minimum atomic E-state index is 0.660. The molecule has 0 aliphatic carbocycles. The molecule has 0 spiro atoms. The molecular weight excluding hydrogens is 296 g/mol. The molecule has 0 aliphatic rings. The summed E-state index contributed by atoms with van der Waals surface area (Å²) in [4.78, 5) is 11.2. The fourth-order valence-corrected chi connectivity index (χ4v) is 2.25. The molecule has 0 radical (unpaired) electrons. The van der Waals surface area contributed by atoms with Crippen molar-refractivity contribution in [2.45, 2.75) is 33.2 Å². The van der Waals surface area contributed by atoms with Crippen LogP contribution in [0.3, 0.4) is 0 Å². The summed E-state index contributed by atoms with van der Waals surface area (Å²) in [6.07, 6.45) is 2.34. The lowest BCUT2D eigenvalue weighted by atomic mass is 10.2. The number of aryl methyl sites for hydroxylation is 1. The van der Waals surface area contributed by atoms with Gasteiger partial charge in [0.2, 0.25) is 5.95 Å². The Morgan fingerprint density at radius 3 is 2.59 bits per heavy atom. The summed E-state index contributed by atoms with van der Waals surface area (Å²) in [5, 5.41) is 4.03. The lowest BCUT2D eigenvalue weighted by Gasteiger charge is -2.19. The predicted octanol–water partition coefficient (Wildman–Crippen LogP) is 4.29. The molecule has 0 bridgehead atoms. The summed E-state index contributed by atoms with van der Waals surface area (Å²) in [6.45, 7) is 5.87. The first-order valence-electron chi connectivity index (χ1n) is 7.63. The van der Waals surface area contributed by atoms with Crippen molar-refractivity contribution in [1.29, 1.82) is 0 Å². The number of unbranched alkanes of at least 4 members (excludes halogenated alkanes) is 1. The molecule has 0 saturated carbocycles. The van der Waals surface area contributed by atoms with E-state index in [-0.39, 0.29) is 0 Å². The maximum absolute atomic E-state index is 5.90. The van der Waals surface area contributed by atoms with Gasteiger partial charge in [-0.2, -0.15) is 4.98 Å². The Balaban J connectivity index is 2.04. The Bertz CT molecular complexity index is 598. The molecule has 1 aromatic heterocycles. The molecule has 4 nitrogen and oxygen atoms in total. The number of nitrogens with one attached hydrogen (secondary N) is 1. The van der Waals surface area contributed by atoms with Crippen LogP contribution in [0.5, 0.6) is 0 Å². The zero-order valence-corrected chi connectivity index (χ0v) is 14.2. The van der Waals surface area contributed by atoms with Gasteiger partial charge in [0.1, 0.15) is 5.82 Å². The molecule has 2 rings (SSSR count). The van der Waals surface area contributed by atoms with Crippen LogP contribution in [-0.2, 0) is 6.54 Å². The summed E-state index contributed by atoms with van der Waals surface area (Å²) in [5.74, 6) is 1.62. The maximum Gasteiger partial charge on any atom is 0.225 e. The van der Waals surface area contributed by atoms with Crippen LogP contribution < -0.4 is 10.2 Å². The van der Waals surface area contributed by atoms with E-state index in [9.17, 15) is 0 Å². The van der Waals surface area contributed by atoms with Crippen LogP contribution in [0.4, 0.5) is 11.8 Å². The molecule has 118 valence electrons. The molecule has 1 aromatic carbocycles. The summed E-state index contributed by atoms with van der Waals surface area (Å²) < 4.78 is 0. The third-order valence-electron chi connectivity index (χ3n) is 3.44. The number of hydrogen-bond donors (Lipinski definition) is 1. The molecule has 0 fully saturated rings. The van der Waals surface area contributed by atoms with E-state index in [1.165, 1.54) is 6.42 Å². The first-order valence-corrected chi connectivity index (χ1v) is 8.01. The van der Waals surface area contributed by atoms with Gasteiger partial charge in [0.15, 0.2) is 0 Å². The monoisotopic (exact) mass is 318 g/mol. The average molecular weight is 319 g/mol. The largest absolute Gasteiger partial charge is 0.360 e. The number of aromatic nitrogens is 2. The summed E-state index contributed by atoms with van der Waals surface area (Å²) in [6, 6.07) is 9.79. The molecule has 0 amide bonds. The number of anilines is 2. The predicted molar refractivity (Wildman–Crippen MR) is 93.7 cm³/mol. The quantitative estimate of drug-likeness (QED) is 0.827. The summed E-state index contributed by atoms with van der Waals surface area (Å²) >= 11 is 5.90. The maximum atomic E-state index is 5.90. The minimum absolute atomic E-state index is 0.660. The van der Waals surface area contributed by atoms with E-state index in [1.54, 1.807) is 0 Å². The topological polar surface area (TPSA) is 41.1 Å². The van der Waals surface area contributed by atoms with Crippen LogP contribution in [0.25, 0.3) is 0 Å². The summed E-state index contributed by atoms with van der Waals surface area (Å²) in [7, 11) is 2.07. The van der Waals surface area contributed by atoms with Gasteiger partial charge < -0.3 is 10.2 Å². The van der Waals surface area contributed by atoms with Crippen molar-refractivity contribution in [2.24, 2.45) is 0 Å². The Morgan fingerprint density at radius 1 is 1.18 bits per heavy atom. The smallest absolute Gasteiger partial charge is 0.225 e. The van der Waals surface area contributed by atoms with Crippen molar-refractivity contribution in [1.82, 2.24) is 9.97 Å².